The highest BCUT2D eigenvalue weighted by Gasteiger charge is 2.20. The van der Waals surface area contributed by atoms with Gasteiger partial charge in [0.05, 0.1) is 0 Å². The lowest BCUT2D eigenvalue weighted by molar-refractivity contribution is 0.181. The topological polar surface area (TPSA) is 3.24 Å². The number of hydrogen-bond donors (Lipinski definition) is 0. The first-order valence-electron chi connectivity index (χ1n) is 4.65. The Bertz CT molecular complexity index is 140. The van der Waals surface area contributed by atoms with Gasteiger partial charge in [-0.25, -0.2) is 0 Å². The maximum absolute atomic E-state index is 4.04. The predicted octanol–water partition coefficient (Wildman–Crippen LogP) is 2.44. The molecule has 0 aromatic rings. The number of rotatable bonds is 2. The van der Waals surface area contributed by atoms with E-state index in [1.807, 2.05) is 0 Å². The van der Waals surface area contributed by atoms with Crippen LogP contribution in [0.2, 0.25) is 0 Å². The predicted molar refractivity (Wildman–Crippen MR) is 49.7 cm³/mol. The van der Waals surface area contributed by atoms with Gasteiger partial charge in [-0.3, -0.25) is 4.90 Å². The fraction of sp³-hybridized carbons (Fsp3) is 0.800. The van der Waals surface area contributed by atoms with Gasteiger partial charge in [-0.05, 0) is 32.9 Å². The van der Waals surface area contributed by atoms with Gasteiger partial charge in [0.2, 0.25) is 0 Å². The first-order chi connectivity index (χ1) is 5.25. The standard InChI is InChI=1S/C10H19N/c1-4-11-8-6-5-7-10(11)9(2)3/h10H,2,4-8H2,1,3H3. The maximum atomic E-state index is 4.04. The molecule has 1 heteroatoms. The molecule has 1 nitrogen and oxygen atoms in total. The number of piperidine rings is 1. The zero-order valence-corrected chi connectivity index (χ0v) is 7.77. The molecule has 0 spiro atoms. The molecule has 1 atom stereocenters. The van der Waals surface area contributed by atoms with Crippen LogP contribution in [0, 0.1) is 0 Å². The van der Waals surface area contributed by atoms with Crippen molar-refractivity contribution in [1.29, 1.82) is 0 Å². The molecule has 0 saturated carbocycles. The van der Waals surface area contributed by atoms with Gasteiger partial charge < -0.3 is 0 Å². The Morgan fingerprint density at radius 2 is 2.27 bits per heavy atom. The Morgan fingerprint density at radius 3 is 2.73 bits per heavy atom. The van der Waals surface area contributed by atoms with Crippen molar-refractivity contribution in [1.82, 2.24) is 4.90 Å². The summed E-state index contributed by atoms with van der Waals surface area (Å²) in [5.41, 5.74) is 1.34. The third-order valence-corrected chi connectivity index (χ3v) is 2.59. The molecule has 1 aliphatic rings. The average Bonchev–Trinajstić information content (AvgIpc) is 2.04. The van der Waals surface area contributed by atoms with Gasteiger partial charge in [0.25, 0.3) is 0 Å². The van der Waals surface area contributed by atoms with Crippen LogP contribution in [0.3, 0.4) is 0 Å². The summed E-state index contributed by atoms with van der Waals surface area (Å²) in [6.07, 6.45) is 4.08. The minimum absolute atomic E-state index is 0.675. The number of likely N-dealkylation sites (N-methyl/N-ethyl adjacent to an activating group) is 1. The van der Waals surface area contributed by atoms with E-state index < -0.39 is 0 Å². The van der Waals surface area contributed by atoms with Crippen molar-refractivity contribution in [2.45, 2.75) is 39.2 Å². The smallest absolute Gasteiger partial charge is 0.0302 e. The fourth-order valence-electron chi connectivity index (χ4n) is 1.93. The largest absolute Gasteiger partial charge is 0.297 e. The summed E-state index contributed by atoms with van der Waals surface area (Å²) in [5, 5.41) is 0. The Kier molecular flexibility index (Phi) is 3.13. The molecular weight excluding hydrogens is 134 g/mol. The quantitative estimate of drug-likeness (QED) is 0.551. The van der Waals surface area contributed by atoms with Gasteiger partial charge in [-0.15, -0.1) is 0 Å². The molecule has 1 heterocycles. The molecule has 0 aromatic carbocycles. The summed E-state index contributed by atoms with van der Waals surface area (Å²) in [4.78, 5) is 2.53. The molecular formula is C10H19N. The van der Waals surface area contributed by atoms with Crippen LogP contribution in [-0.4, -0.2) is 24.0 Å². The van der Waals surface area contributed by atoms with Crippen molar-refractivity contribution in [2.24, 2.45) is 0 Å². The van der Waals surface area contributed by atoms with E-state index in [-0.39, 0.29) is 0 Å². The lowest BCUT2D eigenvalue weighted by atomic mass is 9.97. The van der Waals surface area contributed by atoms with E-state index in [9.17, 15) is 0 Å². The van der Waals surface area contributed by atoms with Crippen molar-refractivity contribution in [3.8, 4) is 0 Å². The van der Waals surface area contributed by atoms with Crippen LogP contribution in [0.4, 0.5) is 0 Å². The molecule has 1 aliphatic heterocycles. The monoisotopic (exact) mass is 153 g/mol. The van der Waals surface area contributed by atoms with Crippen molar-refractivity contribution < 1.29 is 0 Å². The van der Waals surface area contributed by atoms with Crippen LogP contribution in [0.15, 0.2) is 12.2 Å². The van der Waals surface area contributed by atoms with E-state index in [1.54, 1.807) is 0 Å². The number of likely N-dealkylation sites (tertiary alicyclic amines) is 1. The third-order valence-electron chi connectivity index (χ3n) is 2.59. The van der Waals surface area contributed by atoms with Gasteiger partial charge >= 0.3 is 0 Å². The third kappa shape index (κ3) is 2.06. The van der Waals surface area contributed by atoms with Crippen molar-refractivity contribution in [3.63, 3.8) is 0 Å². The van der Waals surface area contributed by atoms with E-state index in [0.717, 1.165) is 0 Å². The molecule has 64 valence electrons. The van der Waals surface area contributed by atoms with Gasteiger partial charge in [-0.2, -0.15) is 0 Å². The SMILES string of the molecule is C=C(C)C1CCCCN1CC. The Balaban J connectivity index is 2.51. The molecule has 1 unspecified atom stereocenters. The summed E-state index contributed by atoms with van der Waals surface area (Å²) in [5.74, 6) is 0. The fourth-order valence-corrected chi connectivity index (χ4v) is 1.93. The second-order valence-electron chi connectivity index (χ2n) is 3.49. The Morgan fingerprint density at radius 1 is 1.55 bits per heavy atom. The lowest BCUT2D eigenvalue weighted by Crippen LogP contribution is -2.39. The molecule has 1 fully saturated rings. The molecule has 0 aromatic heterocycles. The number of hydrogen-bond acceptors (Lipinski definition) is 1. The lowest BCUT2D eigenvalue weighted by Gasteiger charge is -2.35. The molecule has 1 rings (SSSR count). The molecule has 1 saturated heterocycles. The maximum Gasteiger partial charge on any atom is 0.0302 e. The van der Waals surface area contributed by atoms with Crippen LogP contribution in [0.5, 0.6) is 0 Å². The molecule has 0 aliphatic carbocycles. The van der Waals surface area contributed by atoms with Crippen molar-refractivity contribution >= 4 is 0 Å². The van der Waals surface area contributed by atoms with Gasteiger partial charge in [-0.1, -0.05) is 25.5 Å². The second-order valence-corrected chi connectivity index (χ2v) is 3.49. The molecule has 11 heavy (non-hydrogen) atoms. The Labute approximate surface area is 70.1 Å². The van der Waals surface area contributed by atoms with Gasteiger partial charge in [0.1, 0.15) is 0 Å². The summed E-state index contributed by atoms with van der Waals surface area (Å²) < 4.78 is 0. The van der Waals surface area contributed by atoms with Gasteiger partial charge in [0.15, 0.2) is 0 Å². The highest BCUT2D eigenvalue weighted by molar-refractivity contribution is 5.03. The normalized spacial score (nSPS) is 26.9. The Hall–Kier alpha value is -0.300. The zero-order chi connectivity index (χ0) is 8.27. The highest BCUT2D eigenvalue weighted by Crippen LogP contribution is 2.20. The van der Waals surface area contributed by atoms with Crippen molar-refractivity contribution in [2.75, 3.05) is 13.1 Å². The molecule has 0 bridgehead atoms. The summed E-state index contributed by atoms with van der Waals surface area (Å²) in [7, 11) is 0. The molecule has 0 radical (unpaired) electrons. The van der Waals surface area contributed by atoms with Crippen LogP contribution in [0.1, 0.15) is 33.1 Å². The number of nitrogens with zero attached hydrogens (tertiary/aromatic N) is 1. The van der Waals surface area contributed by atoms with Crippen molar-refractivity contribution in [3.05, 3.63) is 12.2 Å². The second kappa shape index (κ2) is 3.91. The van der Waals surface area contributed by atoms with E-state index >= 15 is 0 Å². The summed E-state index contributed by atoms with van der Waals surface area (Å²) >= 11 is 0. The van der Waals surface area contributed by atoms with E-state index in [2.05, 4.69) is 25.3 Å². The molecule has 0 N–H and O–H groups in total. The van der Waals surface area contributed by atoms with Crippen LogP contribution < -0.4 is 0 Å². The minimum Gasteiger partial charge on any atom is -0.297 e. The summed E-state index contributed by atoms with van der Waals surface area (Å²) in [6, 6.07) is 0.675. The average molecular weight is 153 g/mol. The first kappa shape index (κ1) is 8.79. The van der Waals surface area contributed by atoms with Crippen LogP contribution >= 0.6 is 0 Å². The van der Waals surface area contributed by atoms with E-state index in [4.69, 9.17) is 0 Å². The van der Waals surface area contributed by atoms with E-state index in [0.29, 0.717) is 6.04 Å². The molecule has 0 amide bonds. The van der Waals surface area contributed by atoms with E-state index in [1.165, 1.54) is 37.9 Å². The van der Waals surface area contributed by atoms with Crippen LogP contribution in [0.25, 0.3) is 0 Å². The summed E-state index contributed by atoms with van der Waals surface area (Å²) in [6.45, 7) is 10.9. The zero-order valence-electron chi connectivity index (χ0n) is 7.77. The van der Waals surface area contributed by atoms with Crippen LogP contribution in [-0.2, 0) is 0 Å². The highest BCUT2D eigenvalue weighted by atomic mass is 15.2. The minimum atomic E-state index is 0.675. The van der Waals surface area contributed by atoms with Gasteiger partial charge in [0, 0.05) is 6.04 Å². The first-order valence-corrected chi connectivity index (χ1v) is 4.65.